The van der Waals surface area contributed by atoms with Gasteiger partial charge in [0.05, 0.1) is 6.10 Å². The number of hydrogen-bond acceptors (Lipinski definition) is 3. The predicted molar refractivity (Wildman–Crippen MR) is 84.0 cm³/mol. The van der Waals surface area contributed by atoms with E-state index in [1.807, 2.05) is 0 Å². The molecule has 1 aromatic rings. The lowest BCUT2D eigenvalue weighted by Gasteiger charge is -2.35. The van der Waals surface area contributed by atoms with Crippen molar-refractivity contribution in [3.05, 3.63) is 34.6 Å². The molecule has 1 atom stereocenters. The molecule has 2 rings (SSSR count). The van der Waals surface area contributed by atoms with E-state index in [0.29, 0.717) is 17.1 Å². The molecule has 0 radical (unpaired) electrons. The summed E-state index contributed by atoms with van der Waals surface area (Å²) in [7, 11) is 0. The highest BCUT2D eigenvalue weighted by atomic mass is 35.5. The van der Waals surface area contributed by atoms with Crippen molar-refractivity contribution in [1.82, 2.24) is 9.80 Å². The standard InChI is InChI=1S/C16H24ClFN2O/c1-2-4-13(21)11-19-7-9-20(10-8-19)12-14-15(17)5-3-6-16(14)18/h3,5-6,13,21H,2,4,7-12H2,1H3. The minimum absolute atomic E-state index is 0.233. The normalized spacial score (nSPS) is 18.9. The summed E-state index contributed by atoms with van der Waals surface area (Å²) in [5.41, 5.74) is 0.582. The molecule has 1 aliphatic rings. The van der Waals surface area contributed by atoms with Crippen molar-refractivity contribution in [1.29, 1.82) is 0 Å². The van der Waals surface area contributed by atoms with E-state index in [4.69, 9.17) is 11.6 Å². The van der Waals surface area contributed by atoms with Crippen molar-refractivity contribution in [2.45, 2.75) is 32.4 Å². The zero-order chi connectivity index (χ0) is 15.2. The number of nitrogens with zero attached hydrogens (tertiary/aromatic N) is 2. The number of aliphatic hydroxyl groups excluding tert-OH is 1. The Bertz CT molecular complexity index is 430. The Morgan fingerprint density at radius 2 is 1.90 bits per heavy atom. The van der Waals surface area contributed by atoms with E-state index in [1.54, 1.807) is 12.1 Å². The van der Waals surface area contributed by atoms with Crippen molar-refractivity contribution in [2.75, 3.05) is 32.7 Å². The molecule has 1 unspecified atom stereocenters. The van der Waals surface area contributed by atoms with Crippen molar-refractivity contribution in [3.63, 3.8) is 0 Å². The summed E-state index contributed by atoms with van der Waals surface area (Å²) >= 11 is 6.07. The van der Waals surface area contributed by atoms with Gasteiger partial charge in [-0.25, -0.2) is 4.39 Å². The molecule has 1 aromatic carbocycles. The Balaban J connectivity index is 1.82. The van der Waals surface area contributed by atoms with Crippen LogP contribution in [0.4, 0.5) is 4.39 Å². The molecule has 0 spiro atoms. The summed E-state index contributed by atoms with van der Waals surface area (Å²) in [5.74, 6) is -0.233. The monoisotopic (exact) mass is 314 g/mol. The van der Waals surface area contributed by atoms with E-state index in [9.17, 15) is 9.50 Å². The van der Waals surface area contributed by atoms with Gasteiger partial charge in [0.1, 0.15) is 5.82 Å². The largest absolute Gasteiger partial charge is 0.392 e. The topological polar surface area (TPSA) is 26.7 Å². The third-order valence-corrected chi connectivity index (χ3v) is 4.35. The number of rotatable bonds is 6. The molecule has 1 fully saturated rings. The van der Waals surface area contributed by atoms with Crippen molar-refractivity contribution < 1.29 is 9.50 Å². The molecule has 0 bridgehead atoms. The van der Waals surface area contributed by atoms with Crippen LogP contribution in [0.1, 0.15) is 25.3 Å². The summed E-state index contributed by atoms with van der Waals surface area (Å²) in [4.78, 5) is 4.49. The van der Waals surface area contributed by atoms with Crippen LogP contribution in [0.25, 0.3) is 0 Å². The molecule has 0 amide bonds. The van der Waals surface area contributed by atoms with Crippen LogP contribution in [0, 0.1) is 5.82 Å². The van der Waals surface area contributed by atoms with Gasteiger partial charge in [0.25, 0.3) is 0 Å². The average molecular weight is 315 g/mol. The second-order valence-corrected chi connectivity index (χ2v) is 6.13. The van der Waals surface area contributed by atoms with Gasteiger partial charge in [0.15, 0.2) is 0 Å². The van der Waals surface area contributed by atoms with Crippen molar-refractivity contribution >= 4 is 11.6 Å². The number of hydrogen-bond donors (Lipinski definition) is 1. The molecule has 1 aliphatic heterocycles. The summed E-state index contributed by atoms with van der Waals surface area (Å²) in [5, 5.41) is 10.3. The van der Waals surface area contributed by atoms with Gasteiger partial charge >= 0.3 is 0 Å². The van der Waals surface area contributed by atoms with Crippen LogP contribution < -0.4 is 0 Å². The van der Waals surface area contributed by atoms with Crippen LogP contribution in [-0.4, -0.2) is 53.7 Å². The number of β-amino-alcohol motifs (C(OH)–C–C–N with tert-alkyl or cyclic N) is 1. The molecular weight excluding hydrogens is 291 g/mol. The lowest BCUT2D eigenvalue weighted by molar-refractivity contribution is 0.0658. The van der Waals surface area contributed by atoms with Gasteiger partial charge in [-0.1, -0.05) is 31.0 Å². The maximum absolute atomic E-state index is 13.8. The minimum atomic E-state index is -0.234. The SMILES string of the molecule is CCCC(O)CN1CCN(Cc2c(F)cccc2Cl)CC1. The highest BCUT2D eigenvalue weighted by Crippen LogP contribution is 2.21. The molecule has 118 valence electrons. The molecule has 0 aromatic heterocycles. The molecular formula is C16H24ClFN2O. The van der Waals surface area contributed by atoms with Crippen LogP contribution in [0.3, 0.4) is 0 Å². The number of benzene rings is 1. The highest BCUT2D eigenvalue weighted by molar-refractivity contribution is 6.31. The molecule has 0 aliphatic carbocycles. The van der Waals surface area contributed by atoms with Crippen LogP contribution in [-0.2, 0) is 6.54 Å². The fourth-order valence-corrected chi connectivity index (χ4v) is 2.98. The molecule has 1 heterocycles. The molecule has 5 heteroatoms. The molecule has 21 heavy (non-hydrogen) atoms. The first-order valence-electron chi connectivity index (χ1n) is 7.65. The van der Waals surface area contributed by atoms with Crippen LogP contribution in [0.2, 0.25) is 5.02 Å². The van der Waals surface area contributed by atoms with Crippen LogP contribution in [0.5, 0.6) is 0 Å². The Morgan fingerprint density at radius 3 is 2.52 bits per heavy atom. The highest BCUT2D eigenvalue weighted by Gasteiger charge is 2.20. The molecule has 0 saturated carbocycles. The second-order valence-electron chi connectivity index (χ2n) is 5.72. The first-order chi connectivity index (χ1) is 10.1. The van der Waals surface area contributed by atoms with Gasteiger partial charge in [-0.15, -0.1) is 0 Å². The Morgan fingerprint density at radius 1 is 1.24 bits per heavy atom. The van der Waals surface area contributed by atoms with Gasteiger partial charge < -0.3 is 5.11 Å². The van der Waals surface area contributed by atoms with Gasteiger partial charge in [0, 0.05) is 49.9 Å². The quantitative estimate of drug-likeness (QED) is 0.874. The summed E-state index contributed by atoms with van der Waals surface area (Å²) in [6.07, 6.45) is 1.63. The Labute approximate surface area is 131 Å². The van der Waals surface area contributed by atoms with Crippen LogP contribution in [0.15, 0.2) is 18.2 Å². The van der Waals surface area contributed by atoms with Crippen molar-refractivity contribution in [2.24, 2.45) is 0 Å². The first kappa shape index (κ1) is 16.7. The summed E-state index contributed by atoms with van der Waals surface area (Å²) in [6.45, 7) is 6.95. The Kier molecular flexibility index (Phi) is 6.42. The van der Waals surface area contributed by atoms with Gasteiger partial charge in [-0.3, -0.25) is 9.80 Å². The maximum Gasteiger partial charge on any atom is 0.129 e. The van der Waals surface area contributed by atoms with E-state index in [2.05, 4.69) is 16.7 Å². The number of halogens is 2. The minimum Gasteiger partial charge on any atom is -0.392 e. The second kappa shape index (κ2) is 8.08. The van der Waals surface area contributed by atoms with E-state index >= 15 is 0 Å². The predicted octanol–water partition coefficient (Wildman–Crippen LogP) is 2.76. The number of piperazine rings is 1. The van der Waals surface area contributed by atoms with E-state index in [-0.39, 0.29) is 11.9 Å². The third-order valence-electron chi connectivity index (χ3n) is 4.00. The lowest BCUT2D eigenvalue weighted by atomic mass is 10.1. The van der Waals surface area contributed by atoms with E-state index in [1.165, 1.54) is 6.07 Å². The van der Waals surface area contributed by atoms with E-state index < -0.39 is 0 Å². The first-order valence-corrected chi connectivity index (χ1v) is 8.03. The van der Waals surface area contributed by atoms with Gasteiger partial charge in [-0.2, -0.15) is 0 Å². The fraction of sp³-hybridized carbons (Fsp3) is 0.625. The van der Waals surface area contributed by atoms with Crippen LogP contribution >= 0.6 is 11.6 Å². The summed E-state index contributed by atoms with van der Waals surface area (Å²) < 4.78 is 13.8. The maximum atomic E-state index is 13.8. The van der Waals surface area contributed by atoms with Crippen molar-refractivity contribution in [3.8, 4) is 0 Å². The summed E-state index contributed by atoms with van der Waals surface area (Å²) in [6, 6.07) is 4.82. The van der Waals surface area contributed by atoms with Gasteiger partial charge in [-0.05, 0) is 18.6 Å². The lowest BCUT2D eigenvalue weighted by Crippen LogP contribution is -2.48. The zero-order valence-electron chi connectivity index (χ0n) is 12.6. The third kappa shape index (κ3) is 4.92. The Hall–Kier alpha value is -0.680. The molecule has 3 nitrogen and oxygen atoms in total. The van der Waals surface area contributed by atoms with Gasteiger partial charge in [0.2, 0.25) is 0 Å². The number of aliphatic hydroxyl groups is 1. The molecule has 1 N–H and O–H groups in total. The smallest absolute Gasteiger partial charge is 0.129 e. The average Bonchev–Trinajstić information content (AvgIpc) is 2.45. The zero-order valence-corrected chi connectivity index (χ0v) is 13.3. The molecule has 1 saturated heterocycles. The van der Waals surface area contributed by atoms with E-state index in [0.717, 1.165) is 45.6 Å². The fourth-order valence-electron chi connectivity index (χ4n) is 2.76.